The van der Waals surface area contributed by atoms with E-state index in [-0.39, 0.29) is 12.1 Å². The average Bonchev–Trinajstić information content (AvgIpc) is 3.32. The molecule has 0 saturated heterocycles. The highest BCUT2D eigenvalue weighted by atomic mass is 32.1. The number of aromatic nitrogens is 3. The van der Waals surface area contributed by atoms with E-state index in [2.05, 4.69) is 25.2 Å². The molecule has 0 spiro atoms. The molecule has 0 radical (unpaired) electrons. The number of nitrogens with zero attached hydrogens (tertiary/aromatic N) is 2. The Labute approximate surface area is 166 Å². The van der Waals surface area contributed by atoms with E-state index in [1.165, 1.54) is 18.4 Å². The van der Waals surface area contributed by atoms with E-state index < -0.39 is 6.09 Å². The summed E-state index contributed by atoms with van der Waals surface area (Å²) in [5.41, 5.74) is 1.48. The van der Waals surface area contributed by atoms with Gasteiger partial charge in [-0.3, -0.25) is 5.10 Å². The maximum Gasteiger partial charge on any atom is 0.407 e. The Kier molecular flexibility index (Phi) is 6.15. The number of ether oxygens (including phenoxy) is 3. The summed E-state index contributed by atoms with van der Waals surface area (Å²) >= 11 is 1.38. The molecule has 0 bridgehead atoms. The van der Waals surface area contributed by atoms with Gasteiger partial charge in [0.05, 0.1) is 36.0 Å². The number of rotatable bonds is 7. The maximum absolute atomic E-state index is 11.3. The Bertz CT molecular complexity index is 920. The zero-order valence-electron chi connectivity index (χ0n) is 16.1. The van der Waals surface area contributed by atoms with E-state index >= 15 is 0 Å². The molecule has 148 valence electrons. The van der Waals surface area contributed by atoms with E-state index in [1.807, 2.05) is 51.1 Å². The molecule has 0 aliphatic carbocycles. The number of hydrogen-bond donors (Lipinski definition) is 2. The number of benzene rings is 1. The Morgan fingerprint density at radius 3 is 2.57 bits per heavy atom. The van der Waals surface area contributed by atoms with Crippen LogP contribution in [-0.2, 0) is 4.74 Å². The quantitative estimate of drug-likeness (QED) is 0.602. The number of aromatic amines is 1. The van der Waals surface area contributed by atoms with Crippen molar-refractivity contribution in [1.82, 2.24) is 20.5 Å². The molecule has 28 heavy (non-hydrogen) atoms. The third-order valence-corrected chi connectivity index (χ3v) is 4.62. The molecule has 8 nitrogen and oxygen atoms in total. The zero-order valence-corrected chi connectivity index (χ0v) is 16.9. The van der Waals surface area contributed by atoms with Crippen LogP contribution in [-0.4, -0.2) is 34.5 Å². The highest BCUT2D eigenvalue weighted by Crippen LogP contribution is 2.33. The van der Waals surface area contributed by atoms with E-state index in [0.717, 1.165) is 22.0 Å². The predicted molar refractivity (Wildman–Crippen MR) is 106 cm³/mol. The molecule has 0 fully saturated rings. The lowest BCUT2D eigenvalue weighted by Gasteiger charge is -2.09. The van der Waals surface area contributed by atoms with Gasteiger partial charge in [-0.1, -0.05) is 11.3 Å². The molecule has 2 N–H and O–H groups in total. The van der Waals surface area contributed by atoms with Crippen LogP contribution in [0, 0.1) is 0 Å². The first-order chi connectivity index (χ1) is 13.4. The fourth-order valence-electron chi connectivity index (χ4n) is 2.38. The van der Waals surface area contributed by atoms with Crippen LogP contribution in [0.5, 0.6) is 16.7 Å². The minimum absolute atomic E-state index is 0.123. The summed E-state index contributed by atoms with van der Waals surface area (Å²) in [5.74, 6) is 1.47. The molecule has 0 aliphatic heterocycles. The van der Waals surface area contributed by atoms with E-state index in [0.29, 0.717) is 10.9 Å². The number of nitrogens with one attached hydrogen (secondary N) is 2. The van der Waals surface area contributed by atoms with Gasteiger partial charge in [0.25, 0.3) is 5.19 Å². The number of carbonyl (C=O) groups is 1. The molecule has 1 aromatic carbocycles. The molecule has 0 aliphatic rings. The minimum Gasteiger partial charge on any atom is -0.491 e. The summed E-state index contributed by atoms with van der Waals surface area (Å²) in [6, 6.07) is 9.00. The maximum atomic E-state index is 11.3. The number of thiazole rings is 1. The Morgan fingerprint density at radius 2 is 1.89 bits per heavy atom. The van der Waals surface area contributed by atoms with Gasteiger partial charge in [0, 0.05) is 0 Å². The van der Waals surface area contributed by atoms with Crippen molar-refractivity contribution in [3.63, 3.8) is 0 Å². The monoisotopic (exact) mass is 402 g/mol. The highest BCUT2D eigenvalue weighted by Gasteiger charge is 2.15. The van der Waals surface area contributed by atoms with Gasteiger partial charge in [0.2, 0.25) is 0 Å². The second-order valence-electron chi connectivity index (χ2n) is 6.30. The third-order valence-electron chi connectivity index (χ3n) is 3.72. The number of carbonyl (C=O) groups excluding carboxylic acids is 1. The molecule has 1 atom stereocenters. The first-order valence-corrected chi connectivity index (χ1v) is 9.57. The van der Waals surface area contributed by atoms with E-state index in [1.54, 1.807) is 6.20 Å². The number of alkyl carbamates (subject to hydrolysis) is 1. The Hall–Kier alpha value is -3.07. The van der Waals surface area contributed by atoms with Gasteiger partial charge in [-0.15, -0.1) is 0 Å². The van der Waals surface area contributed by atoms with Gasteiger partial charge in [0.15, 0.2) is 0 Å². The second-order valence-corrected chi connectivity index (χ2v) is 7.29. The molecule has 2 heterocycles. The summed E-state index contributed by atoms with van der Waals surface area (Å²) in [4.78, 5) is 16.5. The van der Waals surface area contributed by atoms with Crippen molar-refractivity contribution in [2.24, 2.45) is 0 Å². The molecule has 3 aromatic rings. The Balaban J connectivity index is 1.65. The van der Waals surface area contributed by atoms with Gasteiger partial charge in [-0.25, -0.2) is 9.78 Å². The summed E-state index contributed by atoms with van der Waals surface area (Å²) in [6.07, 6.45) is 1.33. The zero-order chi connectivity index (χ0) is 20.1. The molecular weight excluding hydrogens is 380 g/mol. The van der Waals surface area contributed by atoms with Crippen LogP contribution in [0.2, 0.25) is 0 Å². The lowest BCUT2D eigenvalue weighted by atomic mass is 10.2. The van der Waals surface area contributed by atoms with Gasteiger partial charge in [-0.05, 0) is 51.1 Å². The van der Waals surface area contributed by atoms with Gasteiger partial charge < -0.3 is 19.5 Å². The van der Waals surface area contributed by atoms with Gasteiger partial charge in [-0.2, -0.15) is 5.10 Å². The summed E-state index contributed by atoms with van der Waals surface area (Å²) in [5, 5.41) is 10.4. The van der Waals surface area contributed by atoms with Crippen molar-refractivity contribution in [2.45, 2.75) is 32.9 Å². The average molecular weight is 402 g/mol. The van der Waals surface area contributed by atoms with Crippen LogP contribution in [0.1, 0.15) is 32.5 Å². The largest absolute Gasteiger partial charge is 0.491 e. The lowest BCUT2D eigenvalue weighted by Crippen LogP contribution is -2.26. The molecule has 1 unspecified atom stereocenters. The number of methoxy groups -OCH3 is 1. The minimum atomic E-state index is -0.498. The van der Waals surface area contributed by atoms with Gasteiger partial charge in [0.1, 0.15) is 17.2 Å². The van der Waals surface area contributed by atoms with Crippen LogP contribution >= 0.6 is 11.3 Å². The fourth-order valence-corrected chi connectivity index (χ4v) is 3.13. The van der Waals surface area contributed by atoms with Crippen LogP contribution < -0.4 is 14.8 Å². The van der Waals surface area contributed by atoms with Crippen LogP contribution in [0.4, 0.5) is 4.79 Å². The molecule has 2 aromatic heterocycles. The van der Waals surface area contributed by atoms with Crippen molar-refractivity contribution in [3.8, 4) is 27.3 Å². The summed E-state index contributed by atoms with van der Waals surface area (Å²) in [6.45, 7) is 5.80. The van der Waals surface area contributed by atoms with Crippen molar-refractivity contribution in [3.05, 3.63) is 42.2 Å². The van der Waals surface area contributed by atoms with E-state index in [4.69, 9.17) is 9.47 Å². The molecule has 1 amide bonds. The fraction of sp³-hybridized carbons (Fsp3) is 0.316. The Morgan fingerprint density at radius 1 is 1.18 bits per heavy atom. The smallest absolute Gasteiger partial charge is 0.407 e. The standard InChI is InChI=1S/C19H22N4O4S/c1-11(2)26-13-5-7-14(8-6-13)27-19-20-10-17(28-19)16-9-15(22-23-16)12(3)21-18(24)25-4/h5-12H,1-4H3,(H,21,24)(H,22,23). The number of amides is 1. The molecule has 3 rings (SSSR count). The molecular formula is C19H22N4O4S. The van der Waals surface area contributed by atoms with Crippen LogP contribution in [0.25, 0.3) is 10.6 Å². The van der Waals surface area contributed by atoms with Crippen molar-refractivity contribution in [1.29, 1.82) is 0 Å². The summed E-state index contributed by atoms with van der Waals surface area (Å²) < 4.78 is 16.0. The van der Waals surface area contributed by atoms with Crippen LogP contribution in [0.15, 0.2) is 36.5 Å². The van der Waals surface area contributed by atoms with Gasteiger partial charge >= 0.3 is 6.09 Å². The SMILES string of the molecule is COC(=O)NC(C)c1cc(-c2cnc(Oc3ccc(OC(C)C)cc3)s2)n[nH]1. The third kappa shape index (κ3) is 5.01. The second kappa shape index (κ2) is 8.75. The first kappa shape index (κ1) is 19.7. The number of hydrogen-bond acceptors (Lipinski definition) is 7. The van der Waals surface area contributed by atoms with Crippen LogP contribution in [0.3, 0.4) is 0 Å². The molecule has 9 heteroatoms. The predicted octanol–water partition coefficient (Wildman–Crippen LogP) is 4.53. The topological polar surface area (TPSA) is 98.4 Å². The lowest BCUT2D eigenvalue weighted by molar-refractivity contribution is 0.167. The normalized spacial score (nSPS) is 11.9. The summed E-state index contributed by atoms with van der Waals surface area (Å²) in [7, 11) is 1.32. The van der Waals surface area contributed by atoms with E-state index in [9.17, 15) is 4.79 Å². The number of H-pyrrole nitrogens is 1. The first-order valence-electron chi connectivity index (χ1n) is 8.75. The highest BCUT2D eigenvalue weighted by molar-refractivity contribution is 7.16. The van der Waals surface area contributed by atoms with Crippen molar-refractivity contribution < 1.29 is 19.0 Å². The van der Waals surface area contributed by atoms with Crippen molar-refractivity contribution >= 4 is 17.4 Å². The van der Waals surface area contributed by atoms with Crippen molar-refractivity contribution in [2.75, 3.05) is 7.11 Å². The molecule has 0 saturated carbocycles.